The predicted octanol–water partition coefficient (Wildman–Crippen LogP) is 1.41. The summed E-state index contributed by atoms with van der Waals surface area (Å²) in [5.74, 6) is 1.15. The Bertz CT molecular complexity index is 365. The first kappa shape index (κ1) is 14.6. The molecule has 0 bridgehead atoms. The molecular formula is C12H21N3O3. The molecule has 0 atom stereocenters. The molecule has 18 heavy (non-hydrogen) atoms. The molecule has 6 heteroatoms. The van der Waals surface area contributed by atoms with E-state index in [1.165, 1.54) is 7.11 Å². The van der Waals surface area contributed by atoms with E-state index in [1.807, 2.05) is 6.92 Å². The molecule has 0 saturated heterocycles. The highest BCUT2D eigenvalue weighted by Crippen LogP contribution is 2.04. The minimum Gasteiger partial charge on any atom is -0.469 e. The number of hydrogen-bond acceptors (Lipinski definition) is 6. The third-order valence-corrected chi connectivity index (χ3v) is 2.65. The van der Waals surface area contributed by atoms with Crippen molar-refractivity contribution in [2.45, 2.75) is 39.7 Å². The third kappa shape index (κ3) is 4.83. The van der Waals surface area contributed by atoms with Gasteiger partial charge in [-0.3, -0.25) is 9.69 Å². The van der Waals surface area contributed by atoms with E-state index in [0.29, 0.717) is 31.2 Å². The smallest absolute Gasteiger partial charge is 0.306 e. The summed E-state index contributed by atoms with van der Waals surface area (Å²) in [5.41, 5.74) is 0. The summed E-state index contributed by atoms with van der Waals surface area (Å²) in [7, 11) is 1.40. The number of aryl methyl sites for hydroxylation is 1. The first-order chi connectivity index (χ1) is 8.69. The Morgan fingerprint density at radius 2 is 2.22 bits per heavy atom. The number of carbonyl (C=O) groups excluding carboxylic acids is 1. The van der Waals surface area contributed by atoms with Crippen LogP contribution in [0.3, 0.4) is 0 Å². The summed E-state index contributed by atoms with van der Waals surface area (Å²) < 4.78 is 9.73. The highest BCUT2D eigenvalue weighted by atomic mass is 16.5. The number of carbonyl (C=O) groups is 1. The van der Waals surface area contributed by atoms with Crippen LogP contribution in [0.4, 0.5) is 0 Å². The predicted molar refractivity (Wildman–Crippen MR) is 65.9 cm³/mol. The van der Waals surface area contributed by atoms with Crippen LogP contribution in [0, 0.1) is 0 Å². The zero-order valence-electron chi connectivity index (χ0n) is 11.3. The zero-order valence-corrected chi connectivity index (χ0v) is 11.3. The van der Waals surface area contributed by atoms with Crippen molar-refractivity contribution < 1.29 is 14.1 Å². The van der Waals surface area contributed by atoms with Gasteiger partial charge in [-0.25, -0.2) is 0 Å². The quantitative estimate of drug-likeness (QED) is 0.654. The molecule has 0 aliphatic heterocycles. The lowest BCUT2D eigenvalue weighted by molar-refractivity contribution is -0.141. The number of methoxy groups -OCH3 is 1. The summed E-state index contributed by atoms with van der Waals surface area (Å²) in [6.45, 7) is 6.17. The number of hydrogen-bond donors (Lipinski definition) is 0. The van der Waals surface area contributed by atoms with Crippen LogP contribution in [-0.2, 0) is 22.5 Å². The fourth-order valence-corrected chi connectivity index (χ4v) is 1.57. The second kappa shape index (κ2) is 7.81. The lowest BCUT2D eigenvalue weighted by Crippen LogP contribution is -2.26. The number of ether oxygens (including phenoxy) is 1. The first-order valence-electron chi connectivity index (χ1n) is 6.30. The topological polar surface area (TPSA) is 68.5 Å². The summed E-state index contributed by atoms with van der Waals surface area (Å²) in [5, 5.41) is 3.93. The second-order valence-electron chi connectivity index (χ2n) is 4.05. The molecule has 0 unspecified atom stereocenters. The van der Waals surface area contributed by atoms with Gasteiger partial charge in [0.2, 0.25) is 5.89 Å². The molecule has 0 aliphatic rings. The van der Waals surface area contributed by atoms with Crippen LogP contribution in [0.15, 0.2) is 4.52 Å². The third-order valence-electron chi connectivity index (χ3n) is 2.65. The van der Waals surface area contributed by atoms with Crippen molar-refractivity contribution in [3.8, 4) is 0 Å². The molecular weight excluding hydrogens is 234 g/mol. The average Bonchev–Trinajstić information content (AvgIpc) is 2.81. The van der Waals surface area contributed by atoms with Gasteiger partial charge in [0.05, 0.1) is 20.1 Å². The summed E-state index contributed by atoms with van der Waals surface area (Å²) >= 11 is 0. The maximum atomic E-state index is 11.1. The molecule has 102 valence electrons. The van der Waals surface area contributed by atoms with E-state index < -0.39 is 0 Å². The van der Waals surface area contributed by atoms with E-state index in [0.717, 1.165) is 19.4 Å². The number of nitrogens with zero attached hydrogens (tertiary/aromatic N) is 3. The molecule has 1 rings (SSSR count). The monoisotopic (exact) mass is 255 g/mol. The maximum absolute atomic E-state index is 11.1. The maximum Gasteiger partial charge on any atom is 0.306 e. The van der Waals surface area contributed by atoms with Gasteiger partial charge >= 0.3 is 5.97 Å². The van der Waals surface area contributed by atoms with Crippen molar-refractivity contribution in [3.05, 3.63) is 11.7 Å². The van der Waals surface area contributed by atoms with Crippen molar-refractivity contribution in [1.29, 1.82) is 0 Å². The van der Waals surface area contributed by atoms with Crippen LogP contribution in [0.1, 0.15) is 38.4 Å². The van der Waals surface area contributed by atoms with Crippen molar-refractivity contribution >= 4 is 5.97 Å². The average molecular weight is 255 g/mol. The van der Waals surface area contributed by atoms with E-state index in [1.54, 1.807) is 0 Å². The van der Waals surface area contributed by atoms with E-state index in [-0.39, 0.29) is 5.97 Å². The molecule has 0 aliphatic carbocycles. The van der Waals surface area contributed by atoms with Gasteiger partial charge in [-0.1, -0.05) is 19.0 Å². The molecule has 0 N–H and O–H groups in total. The van der Waals surface area contributed by atoms with Crippen LogP contribution in [0.2, 0.25) is 0 Å². The summed E-state index contributed by atoms with van der Waals surface area (Å²) in [6.07, 6.45) is 2.17. The van der Waals surface area contributed by atoms with E-state index in [2.05, 4.69) is 26.7 Å². The van der Waals surface area contributed by atoms with Crippen LogP contribution in [0.5, 0.6) is 0 Å². The largest absolute Gasteiger partial charge is 0.469 e. The van der Waals surface area contributed by atoms with Gasteiger partial charge < -0.3 is 9.26 Å². The molecule has 0 radical (unpaired) electrons. The molecule has 1 aromatic rings. The SMILES string of the molecule is CCCc1nc(CN(CC)CCC(=O)OC)no1. The molecule has 1 aromatic heterocycles. The van der Waals surface area contributed by atoms with Gasteiger partial charge in [-0.05, 0) is 13.0 Å². The lowest BCUT2D eigenvalue weighted by Gasteiger charge is -2.17. The Balaban J connectivity index is 2.43. The van der Waals surface area contributed by atoms with Crippen molar-refractivity contribution in [1.82, 2.24) is 15.0 Å². The fourth-order valence-electron chi connectivity index (χ4n) is 1.57. The normalized spacial score (nSPS) is 10.9. The van der Waals surface area contributed by atoms with Crippen molar-refractivity contribution in [2.75, 3.05) is 20.2 Å². The van der Waals surface area contributed by atoms with Crippen LogP contribution in [-0.4, -0.2) is 41.2 Å². The highest BCUT2D eigenvalue weighted by Gasteiger charge is 2.11. The van der Waals surface area contributed by atoms with Crippen LogP contribution in [0.25, 0.3) is 0 Å². The summed E-state index contributed by atoms with van der Waals surface area (Å²) in [6, 6.07) is 0. The Labute approximate surface area is 107 Å². The molecule has 0 amide bonds. The Morgan fingerprint density at radius 3 is 2.83 bits per heavy atom. The number of esters is 1. The van der Waals surface area contributed by atoms with E-state index in [9.17, 15) is 4.79 Å². The highest BCUT2D eigenvalue weighted by molar-refractivity contribution is 5.69. The number of aromatic nitrogens is 2. The molecule has 0 fully saturated rings. The Hall–Kier alpha value is -1.43. The van der Waals surface area contributed by atoms with Gasteiger partial charge in [0.15, 0.2) is 5.82 Å². The molecule has 0 saturated carbocycles. The molecule has 0 aromatic carbocycles. The van der Waals surface area contributed by atoms with Gasteiger partial charge in [0.25, 0.3) is 0 Å². The van der Waals surface area contributed by atoms with E-state index >= 15 is 0 Å². The zero-order chi connectivity index (χ0) is 13.4. The first-order valence-corrected chi connectivity index (χ1v) is 6.30. The van der Waals surface area contributed by atoms with Crippen molar-refractivity contribution in [2.24, 2.45) is 0 Å². The second-order valence-corrected chi connectivity index (χ2v) is 4.05. The fraction of sp³-hybridized carbons (Fsp3) is 0.750. The molecule has 1 heterocycles. The van der Waals surface area contributed by atoms with Gasteiger partial charge in [0, 0.05) is 13.0 Å². The minimum absolute atomic E-state index is 0.201. The van der Waals surface area contributed by atoms with E-state index in [4.69, 9.17) is 4.52 Å². The summed E-state index contributed by atoms with van der Waals surface area (Å²) in [4.78, 5) is 17.5. The van der Waals surface area contributed by atoms with Crippen molar-refractivity contribution in [3.63, 3.8) is 0 Å². The Kier molecular flexibility index (Phi) is 6.35. The van der Waals surface area contributed by atoms with Gasteiger partial charge in [-0.15, -0.1) is 0 Å². The number of rotatable bonds is 8. The van der Waals surface area contributed by atoms with Crippen LogP contribution >= 0.6 is 0 Å². The Morgan fingerprint density at radius 1 is 1.44 bits per heavy atom. The van der Waals surface area contributed by atoms with Gasteiger partial charge in [-0.2, -0.15) is 4.98 Å². The lowest BCUT2D eigenvalue weighted by atomic mass is 10.3. The molecule has 6 nitrogen and oxygen atoms in total. The van der Waals surface area contributed by atoms with Gasteiger partial charge in [0.1, 0.15) is 0 Å². The van der Waals surface area contributed by atoms with Crippen LogP contribution < -0.4 is 0 Å². The standard InChI is InChI=1S/C12H21N3O3/c1-4-6-11-13-10(14-18-11)9-15(5-2)8-7-12(16)17-3/h4-9H2,1-3H3. The molecule has 0 spiro atoms. The minimum atomic E-state index is -0.201.